The van der Waals surface area contributed by atoms with E-state index >= 15 is 0 Å². The van der Waals surface area contributed by atoms with Gasteiger partial charge in [-0.05, 0) is 42.5 Å². The molecule has 0 fully saturated rings. The summed E-state index contributed by atoms with van der Waals surface area (Å²) < 4.78 is 63.7. The number of halogens is 3. The third kappa shape index (κ3) is 3.66. The summed E-state index contributed by atoms with van der Waals surface area (Å²) >= 11 is 0. The number of rotatable bonds is 3. The van der Waals surface area contributed by atoms with Gasteiger partial charge in [0.2, 0.25) is 0 Å². The first-order chi connectivity index (χ1) is 9.68. The zero-order chi connectivity index (χ0) is 15.7. The molecule has 0 aromatic heterocycles. The van der Waals surface area contributed by atoms with Crippen LogP contribution in [0.5, 0.6) is 5.75 Å². The standard InChI is InChI=1S/C13H10F3NO3S/c14-13(15,16)9-2-1-3-10(8-9)17-21(19,20)12-6-4-11(18)5-7-12/h1-8,17-18H. The number of phenolic OH excluding ortho intramolecular Hbond substituents is 1. The zero-order valence-corrected chi connectivity index (χ0v) is 11.2. The van der Waals surface area contributed by atoms with Crippen molar-refractivity contribution in [3.8, 4) is 5.75 Å². The van der Waals surface area contributed by atoms with Gasteiger partial charge >= 0.3 is 6.18 Å². The van der Waals surface area contributed by atoms with Crippen molar-refractivity contribution in [2.24, 2.45) is 0 Å². The lowest BCUT2D eigenvalue weighted by Crippen LogP contribution is -2.13. The number of aromatic hydroxyl groups is 1. The van der Waals surface area contributed by atoms with E-state index in [-0.39, 0.29) is 16.3 Å². The quantitative estimate of drug-likeness (QED) is 0.913. The van der Waals surface area contributed by atoms with Gasteiger partial charge in [0.05, 0.1) is 10.5 Å². The summed E-state index contributed by atoms with van der Waals surface area (Å²) in [7, 11) is -4.02. The first-order valence-corrected chi connectivity index (χ1v) is 7.16. The van der Waals surface area contributed by atoms with Gasteiger partial charge in [0.15, 0.2) is 0 Å². The number of hydrogen-bond acceptors (Lipinski definition) is 3. The van der Waals surface area contributed by atoms with E-state index in [4.69, 9.17) is 5.11 Å². The Morgan fingerprint density at radius 1 is 1.00 bits per heavy atom. The molecule has 0 saturated heterocycles. The van der Waals surface area contributed by atoms with Crippen molar-refractivity contribution in [1.82, 2.24) is 0 Å². The zero-order valence-electron chi connectivity index (χ0n) is 10.4. The van der Waals surface area contributed by atoms with E-state index in [9.17, 15) is 21.6 Å². The van der Waals surface area contributed by atoms with Gasteiger partial charge in [-0.15, -0.1) is 0 Å². The van der Waals surface area contributed by atoms with E-state index in [0.717, 1.165) is 24.3 Å². The molecule has 0 unspecified atom stereocenters. The lowest BCUT2D eigenvalue weighted by molar-refractivity contribution is -0.137. The molecule has 0 aliphatic heterocycles. The Hall–Kier alpha value is -2.22. The van der Waals surface area contributed by atoms with E-state index in [1.54, 1.807) is 0 Å². The van der Waals surface area contributed by atoms with E-state index in [1.807, 2.05) is 0 Å². The Kier molecular flexibility index (Phi) is 3.82. The van der Waals surface area contributed by atoms with Crippen LogP contribution in [0.25, 0.3) is 0 Å². The minimum atomic E-state index is -4.56. The van der Waals surface area contributed by atoms with Gasteiger partial charge in [0.25, 0.3) is 10.0 Å². The van der Waals surface area contributed by atoms with Gasteiger partial charge in [0, 0.05) is 5.69 Å². The van der Waals surface area contributed by atoms with Crippen LogP contribution in [-0.4, -0.2) is 13.5 Å². The Labute approximate surface area is 118 Å². The van der Waals surface area contributed by atoms with Crippen molar-refractivity contribution in [3.05, 3.63) is 54.1 Å². The maximum Gasteiger partial charge on any atom is 0.416 e. The highest BCUT2D eigenvalue weighted by Gasteiger charge is 2.30. The van der Waals surface area contributed by atoms with Crippen LogP contribution in [0.2, 0.25) is 0 Å². The smallest absolute Gasteiger partial charge is 0.416 e. The fraction of sp³-hybridized carbons (Fsp3) is 0.0769. The average molecular weight is 317 g/mol. The molecule has 0 aliphatic carbocycles. The molecular formula is C13H10F3NO3S. The van der Waals surface area contributed by atoms with Gasteiger partial charge in [-0.25, -0.2) is 8.42 Å². The fourth-order valence-corrected chi connectivity index (χ4v) is 2.65. The first kappa shape index (κ1) is 15.2. The molecule has 112 valence electrons. The van der Waals surface area contributed by atoms with E-state index in [1.165, 1.54) is 18.2 Å². The van der Waals surface area contributed by atoms with Gasteiger partial charge in [-0.3, -0.25) is 4.72 Å². The second kappa shape index (κ2) is 5.28. The summed E-state index contributed by atoms with van der Waals surface area (Å²) in [5.74, 6) is -0.118. The molecule has 0 bridgehead atoms. The monoisotopic (exact) mass is 317 g/mol. The molecule has 0 aliphatic rings. The molecule has 2 rings (SSSR count). The summed E-state index contributed by atoms with van der Waals surface area (Å²) in [4.78, 5) is -0.169. The summed E-state index contributed by atoms with van der Waals surface area (Å²) in [5, 5.41) is 9.10. The first-order valence-electron chi connectivity index (χ1n) is 5.67. The molecule has 0 radical (unpaired) electrons. The molecule has 21 heavy (non-hydrogen) atoms. The van der Waals surface area contributed by atoms with E-state index in [0.29, 0.717) is 6.07 Å². The SMILES string of the molecule is O=S(=O)(Nc1cccc(C(F)(F)F)c1)c1ccc(O)cc1. The predicted octanol–water partition coefficient (Wildman–Crippen LogP) is 3.21. The molecule has 2 aromatic rings. The van der Waals surface area contributed by atoms with Crippen LogP contribution >= 0.6 is 0 Å². The molecule has 0 saturated carbocycles. The Morgan fingerprint density at radius 2 is 1.62 bits per heavy atom. The highest BCUT2D eigenvalue weighted by molar-refractivity contribution is 7.92. The average Bonchev–Trinajstić information content (AvgIpc) is 2.38. The minimum Gasteiger partial charge on any atom is -0.508 e. The van der Waals surface area contributed by atoms with E-state index < -0.39 is 21.8 Å². The van der Waals surface area contributed by atoms with Crippen LogP contribution in [-0.2, 0) is 16.2 Å². The van der Waals surface area contributed by atoms with Gasteiger partial charge in [-0.1, -0.05) is 6.07 Å². The fourth-order valence-electron chi connectivity index (χ4n) is 1.60. The van der Waals surface area contributed by atoms with Crippen molar-refractivity contribution in [2.75, 3.05) is 4.72 Å². The lowest BCUT2D eigenvalue weighted by Gasteiger charge is -2.11. The Morgan fingerprint density at radius 3 is 2.19 bits per heavy atom. The van der Waals surface area contributed by atoms with Crippen LogP contribution < -0.4 is 4.72 Å². The third-order valence-corrected chi connectivity index (χ3v) is 3.99. The lowest BCUT2D eigenvalue weighted by atomic mass is 10.2. The maximum atomic E-state index is 12.6. The maximum absolute atomic E-state index is 12.6. The predicted molar refractivity (Wildman–Crippen MR) is 70.4 cm³/mol. The molecule has 2 N–H and O–H groups in total. The van der Waals surface area contributed by atoms with Crippen LogP contribution in [0.1, 0.15) is 5.56 Å². The highest BCUT2D eigenvalue weighted by Crippen LogP contribution is 2.31. The van der Waals surface area contributed by atoms with Crippen molar-refractivity contribution in [1.29, 1.82) is 0 Å². The second-order valence-electron chi connectivity index (χ2n) is 4.18. The van der Waals surface area contributed by atoms with Crippen LogP contribution in [0.15, 0.2) is 53.4 Å². The number of benzene rings is 2. The Balaban J connectivity index is 2.31. The van der Waals surface area contributed by atoms with Crippen LogP contribution in [0.3, 0.4) is 0 Å². The summed E-state index contributed by atoms with van der Waals surface area (Å²) in [6, 6.07) is 8.50. The van der Waals surface area contributed by atoms with Crippen molar-refractivity contribution >= 4 is 15.7 Å². The third-order valence-electron chi connectivity index (χ3n) is 2.59. The largest absolute Gasteiger partial charge is 0.508 e. The summed E-state index contributed by atoms with van der Waals surface area (Å²) in [6.45, 7) is 0. The highest BCUT2D eigenvalue weighted by atomic mass is 32.2. The topological polar surface area (TPSA) is 66.4 Å². The molecule has 0 atom stereocenters. The Bertz CT molecular complexity index is 740. The van der Waals surface area contributed by atoms with Crippen LogP contribution in [0.4, 0.5) is 18.9 Å². The minimum absolute atomic E-state index is 0.118. The number of sulfonamides is 1. The summed E-state index contributed by atoms with van der Waals surface area (Å²) in [5.41, 5.74) is -1.15. The van der Waals surface area contributed by atoms with Gasteiger partial charge in [-0.2, -0.15) is 13.2 Å². The molecule has 4 nitrogen and oxygen atoms in total. The van der Waals surface area contributed by atoms with Gasteiger partial charge in [0.1, 0.15) is 5.75 Å². The van der Waals surface area contributed by atoms with Gasteiger partial charge < -0.3 is 5.11 Å². The van der Waals surface area contributed by atoms with Crippen molar-refractivity contribution in [2.45, 2.75) is 11.1 Å². The van der Waals surface area contributed by atoms with Crippen molar-refractivity contribution < 1.29 is 26.7 Å². The molecule has 0 amide bonds. The normalized spacial score (nSPS) is 12.1. The van der Waals surface area contributed by atoms with Crippen molar-refractivity contribution in [3.63, 3.8) is 0 Å². The van der Waals surface area contributed by atoms with Crippen LogP contribution in [0, 0.1) is 0 Å². The summed E-state index contributed by atoms with van der Waals surface area (Å²) in [6.07, 6.45) is -4.56. The number of phenols is 1. The molecular weight excluding hydrogens is 307 g/mol. The van der Waals surface area contributed by atoms with E-state index in [2.05, 4.69) is 4.72 Å². The molecule has 2 aromatic carbocycles. The number of anilines is 1. The molecule has 8 heteroatoms. The number of alkyl halides is 3. The second-order valence-corrected chi connectivity index (χ2v) is 5.86. The number of hydrogen-bond donors (Lipinski definition) is 2. The molecule has 0 heterocycles. The number of nitrogens with one attached hydrogen (secondary N) is 1. The molecule has 0 spiro atoms.